The van der Waals surface area contributed by atoms with E-state index < -0.39 is 36.5 Å². The number of hydrogen-bond donors (Lipinski definition) is 0. The molecule has 0 aliphatic rings. The number of aromatic nitrogens is 2. The highest BCUT2D eigenvalue weighted by Gasteiger charge is 2.38. The maximum Gasteiger partial charge on any atom is 0.449 e. The van der Waals surface area contributed by atoms with E-state index in [-0.39, 0.29) is 24.0 Å². The van der Waals surface area contributed by atoms with Crippen molar-refractivity contribution in [1.29, 1.82) is 5.26 Å². The number of imidazole rings is 1. The van der Waals surface area contributed by atoms with Gasteiger partial charge in [-0.25, -0.2) is 4.98 Å². The Bertz CT molecular complexity index is 1150. The number of alkyl halides is 3. The van der Waals surface area contributed by atoms with E-state index in [9.17, 15) is 22.8 Å². The lowest BCUT2D eigenvalue weighted by Crippen LogP contribution is -2.41. The van der Waals surface area contributed by atoms with Crippen molar-refractivity contribution in [1.82, 2.24) is 9.55 Å². The molecule has 0 radical (unpaired) electrons. The van der Waals surface area contributed by atoms with Crippen LogP contribution in [0.15, 0.2) is 54.6 Å². The lowest BCUT2D eigenvalue weighted by Gasteiger charge is -2.25. The third kappa shape index (κ3) is 5.06. The Balaban J connectivity index is 1.79. The minimum atomic E-state index is -4.78. The fourth-order valence-corrected chi connectivity index (χ4v) is 3.22. The summed E-state index contributed by atoms with van der Waals surface area (Å²) in [6.45, 7) is 0.640. The van der Waals surface area contributed by atoms with Gasteiger partial charge in [0.2, 0.25) is 5.82 Å². The number of nitriles is 1. The molecule has 1 heterocycles. The molecule has 2 aromatic carbocycles. The van der Waals surface area contributed by atoms with E-state index in [1.807, 2.05) is 6.07 Å². The van der Waals surface area contributed by atoms with Crippen molar-refractivity contribution in [3.63, 3.8) is 0 Å². The van der Waals surface area contributed by atoms with Gasteiger partial charge in [0.1, 0.15) is 6.54 Å². The molecule has 10 heteroatoms. The van der Waals surface area contributed by atoms with Crippen molar-refractivity contribution in [2.45, 2.75) is 32.2 Å². The molecule has 1 amide bonds. The third-order valence-electron chi connectivity index (χ3n) is 4.63. The lowest BCUT2D eigenvalue weighted by molar-refractivity contribution is -0.157. The van der Waals surface area contributed by atoms with Crippen molar-refractivity contribution in [2.24, 2.45) is 0 Å². The minimum absolute atomic E-state index is 0.0528. The minimum Gasteiger partial charge on any atom is -0.451 e. The Hall–Kier alpha value is -3.87. The van der Waals surface area contributed by atoms with Crippen LogP contribution in [0.1, 0.15) is 19.2 Å². The molecule has 0 aliphatic carbocycles. The first-order chi connectivity index (χ1) is 15.2. The molecule has 0 saturated carbocycles. The zero-order chi connectivity index (χ0) is 23.3. The van der Waals surface area contributed by atoms with Crippen LogP contribution in [0.3, 0.4) is 0 Å². The number of rotatable bonds is 7. The van der Waals surface area contributed by atoms with Gasteiger partial charge in [-0.05, 0) is 31.2 Å². The zero-order valence-corrected chi connectivity index (χ0v) is 17.0. The molecule has 0 saturated heterocycles. The molecule has 0 bridgehead atoms. The van der Waals surface area contributed by atoms with Crippen LogP contribution in [-0.2, 0) is 27.0 Å². The van der Waals surface area contributed by atoms with E-state index in [1.54, 1.807) is 30.3 Å². The highest BCUT2D eigenvalue weighted by atomic mass is 19.4. The Morgan fingerprint density at radius 3 is 2.47 bits per heavy atom. The molecule has 1 aromatic heterocycles. The summed E-state index contributed by atoms with van der Waals surface area (Å²) in [6, 6.07) is 16.4. The second kappa shape index (κ2) is 9.51. The summed E-state index contributed by atoms with van der Waals surface area (Å²) in [7, 11) is 0. The van der Waals surface area contributed by atoms with Crippen LogP contribution in [0.5, 0.6) is 0 Å². The van der Waals surface area contributed by atoms with E-state index in [4.69, 9.17) is 10.00 Å². The lowest BCUT2D eigenvalue weighted by atomic mass is 10.2. The fourth-order valence-electron chi connectivity index (χ4n) is 3.22. The molecule has 0 N–H and O–H groups in total. The third-order valence-corrected chi connectivity index (χ3v) is 4.63. The van der Waals surface area contributed by atoms with Gasteiger partial charge < -0.3 is 14.2 Å². The molecule has 1 unspecified atom stereocenters. The summed E-state index contributed by atoms with van der Waals surface area (Å²) in [6.07, 6.45) is -6.00. The van der Waals surface area contributed by atoms with E-state index >= 15 is 0 Å². The smallest absolute Gasteiger partial charge is 0.449 e. The van der Waals surface area contributed by atoms with E-state index in [2.05, 4.69) is 4.98 Å². The van der Waals surface area contributed by atoms with Gasteiger partial charge in [-0.15, -0.1) is 0 Å². The van der Waals surface area contributed by atoms with Gasteiger partial charge >= 0.3 is 12.1 Å². The van der Waals surface area contributed by atoms with Gasteiger partial charge in [0.05, 0.1) is 23.5 Å². The van der Waals surface area contributed by atoms with Crippen molar-refractivity contribution >= 4 is 28.6 Å². The summed E-state index contributed by atoms with van der Waals surface area (Å²) in [5.74, 6) is -2.84. The van der Waals surface area contributed by atoms with Gasteiger partial charge in [0.15, 0.2) is 6.10 Å². The average Bonchev–Trinajstić information content (AvgIpc) is 3.13. The van der Waals surface area contributed by atoms with E-state index in [0.717, 1.165) is 4.57 Å². The number of anilines is 1. The second-order valence-corrected chi connectivity index (χ2v) is 6.87. The fraction of sp³-hybridized carbons (Fsp3) is 0.273. The Labute approximate surface area is 181 Å². The largest absolute Gasteiger partial charge is 0.451 e. The zero-order valence-electron chi connectivity index (χ0n) is 17.0. The summed E-state index contributed by atoms with van der Waals surface area (Å²) in [5.41, 5.74) is 0.717. The number of hydrogen-bond acceptors (Lipinski definition) is 5. The molecular weight excluding hydrogens is 425 g/mol. The topological polar surface area (TPSA) is 88.2 Å². The van der Waals surface area contributed by atoms with Crippen LogP contribution < -0.4 is 4.90 Å². The van der Waals surface area contributed by atoms with Crippen LogP contribution in [0.2, 0.25) is 0 Å². The molecule has 166 valence electrons. The normalized spacial score (nSPS) is 12.2. The highest BCUT2D eigenvalue weighted by molar-refractivity contribution is 5.97. The van der Waals surface area contributed by atoms with Crippen LogP contribution in [0, 0.1) is 11.3 Å². The number of halogens is 3. The first-order valence-corrected chi connectivity index (χ1v) is 9.67. The summed E-state index contributed by atoms with van der Waals surface area (Å²) in [4.78, 5) is 30.2. The number of nitrogens with zero attached hydrogens (tertiary/aromatic N) is 4. The molecule has 3 aromatic rings. The van der Waals surface area contributed by atoms with Gasteiger partial charge in [-0.3, -0.25) is 9.59 Å². The number of fused-ring (bicyclic) bond motifs is 1. The molecule has 0 spiro atoms. The number of benzene rings is 2. The number of carbonyl (C=O) groups is 2. The van der Waals surface area contributed by atoms with Crippen LogP contribution in [-0.4, -0.2) is 34.1 Å². The average molecular weight is 444 g/mol. The van der Waals surface area contributed by atoms with Crippen molar-refractivity contribution < 1.29 is 27.5 Å². The standard InChI is InChI=1S/C22H19F3N4O3/c1-15(20(31)28(13-7-12-26)16-8-3-2-4-9-16)32-19(30)14-29-18-11-6-5-10-17(18)27-21(29)22(23,24)25/h2-6,8-11,15H,7,13-14H2,1H3. The van der Waals surface area contributed by atoms with Gasteiger partial charge in [0.25, 0.3) is 5.91 Å². The first kappa shape index (κ1) is 22.8. The molecule has 3 rings (SSSR count). The first-order valence-electron chi connectivity index (χ1n) is 9.67. The maximum absolute atomic E-state index is 13.4. The van der Waals surface area contributed by atoms with Crippen LogP contribution in [0.4, 0.5) is 18.9 Å². The monoisotopic (exact) mass is 444 g/mol. The van der Waals surface area contributed by atoms with Gasteiger partial charge in [-0.1, -0.05) is 30.3 Å². The quantitative estimate of drug-likeness (QED) is 0.515. The SMILES string of the molecule is CC(OC(=O)Cn1c(C(F)(F)F)nc2ccccc21)C(=O)N(CCC#N)c1ccccc1. The highest BCUT2D eigenvalue weighted by Crippen LogP contribution is 2.31. The van der Waals surface area contributed by atoms with E-state index in [1.165, 1.54) is 36.1 Å². The van der Waals surface area contributed by atoms with Crippen LogP contribution in [0.25, 0.3) is 11.0 Å². The van der Waals surface area contributed by atoms with Gasteiger partial charge in [-0.2, -0.15) is 18.4 Å². The second-order valence-electron chi connectivity index (χ2n) is 6.87. The summed E-state index contributed by atoms with van der Waals surface area (Å²) in [5, 5.41) is 8.88. The van der Waals surface area contributed by atoms with E-state index in [0.29, 0.717) is 5.69 Å². The van der Waals surface area contributed by atoms with Gasteiger partial charge in [0, 0.05) is 12.2 Å². The molecule has 0 fully saturated rings. The number of ether oxygens (including phenoxy) is 1. The summed E-state index contributed by atoms with van der Waals surface area (Å²) >= 11 is 0. The predicted octanol–water partition coefficient (Wildman–Crippen LogP) is 3.93. The Morgan fingerprint density at radius 1 is 1.16 bits per heavy atom. The molecule has 7 nitrogen and oxygen atoms in total. The van der Waals surface area contributed by atoms with Crippen molar-refractivity contribution in [3.8, 4) is 6.07 Å². The Kier molecular flexibility index (Phi) is 6.78. The molecule has 0 aliphatic heterocycles. The molecule has 1 atom stereocenters. The number of para-hydroxylation sites is 3. The predicted molar refractivity (Wildman–Crippen MR) is 109 cm³/mol. The summed E-state index contributed by atoms with van der Waals surface area (Å²) < 4.78 is 46.1. The number of amides is 1. The maximum atomic E-state index is 13.4. The molecule has 32 heavy (non-hydrogen) atoms. The molecular formula is C22H19F3N4O3. The van der Waals surface area contributed by atoms with Crippen molar-refractivity contribution in [2.75, 3.05) is 11.4 Å². The Morgan fingerprint density at radius 2 is 1.81 bits per heavy atom. The van der Waals surface area contributed by atoms with Crippen LogP contribution >= 0.6 is 0 Å². The number of carbonyl (C=O) groups excluding carboxylic acids is 2. The van der Waals surface area contributed by atoms with Crippen molar-refractivity contribution in [3.05, 3.63) is 60.4 Å². The number of esters is 1.